The van der Waals surface area contributed by atoms with Crippen molar-refractivity contribution in [1.82, 2.24) is 0 Å². The van der Waals surface area contributed by atoms with E-state index in [1.54, 1.807) is 0 Å². The van der Waals surface area contributed by atoms with Crippen LogP contribution < -0.4 is 80.9 Å². The standard InChI is InChI=1S/C14H26O4.K.Na.2H/c1-2-3-4-5-6-7-8-9-10-11-18-14(17)12-13(15)16;;;;/h2-12H2,1H3,(H,15,16);;;;/q;2*+1;2*-1. The number of hydrogen-bond donors (Lipinski definition) is 1. The summed E-state index contributed by atoms with van der Waals surface area (Å²) in [6, 6.07) is 0. The minimum absolute atomic E-state index is 0. The Hall–Kier alpha value is 1.58. The number of carboxylic acids is 1. The van der Waals surface area contributed by atoms with Crippen molar-refractivity contribution in [2.24, 2.45) is 0 Å². The zero-order valence-corrected chi connectivity index (χ0v) is 18.6. The van der Waals surface area contributed by atoms with Crippen LogP contribution in [0.25, 0.3) is 0 Å². The van der Waals surface area contributed by atoms with Gasteiger partial charge in [0, 0.05) is 0 Å². The van der Waals surface area contributed by atoms with Gasteiger partial charge < -0.3 is 12.7 Å². The minimum atomic E-state index is -1.13. The van der Waals surface area contributed by atoms with E-state index in [4.69, 9.17) is 9.84 Å². The van der Waals surface area contributed by atoms with Crippen molar-refractivity contribution in [3.05, 3.63) is 0 Å². The van der Waals surface area contributed by atoms with Gasteiger partial charge in [0.2, 0.25) is 0 Å². The van der Waals surface area contributed by atoms with E-state index >= 15 is 0 Å². The molecule has 0 aromatic rings. The van der Waals surface area contributed by atoms with E-state index < -0.39 is 18.4 Å². The second kappa shape index (κ2) is 20.6. The SMILES string of the molecule is CCCCCCCCCCCOC(=O)CC(=O)O.[H-].[H-].[K+].[Na+]. The fourth-order valence-corrected chi connectivity index (χ4v) is 1.77. The van der Waals surface area contributed by atoms with Crippen molar-refractivity contribution in [3.63, 3.8) is 0 Å². The summed E-state index contributed by atoms with van der Waals surface area (Å²) >= 11 is 0. The molecule has 20 heavy (non-hydrogen) atoms. The second-order valence-electron chi connectivity index (χ2n) is 4.62. The summed E-state index contributed by atoms with van der Waals surface area (Å²) in [7, 11) is 0. The van der Waals surface area contributed by atoms with Crippen LogP contribution >= 0.6 is 0 Å². The smallest absolute Gasteiger partial charge is 1.00 e. The van der Waals surface area contributed by atoms with Crippen LogP contribution in [0.4, 0.5) is 0 Å². The number of aliphatic carboxylic acids is 1. The van der Waals surface area contributed by atoms with E-state index in [2.05, 4.69) is 6.92 Å². The van der Waals surface area contributed by atoms with Crippen LogP contribution in [0, 0.1) is 0 Å². The quantitative estimate of drug-likeness (QED) is 0.191. The molecule has 0 aromatic carbocycles. The Morgan fingerprint density at radius 1 is 0.950 bits per heavy atom. The number of unbranched alkanes of at least 4 members (excludes halogenated alkanes) is 8. The fraction of sp³-hybridized carbons (Fsp3) is 0.857. The zero-order valence-electron chi connectivity index (χ0n) is 15.5. The number of carbonyl (C=O) groups is 2. The molecule has 0 aromatic heterocycles. The molecule has 0 saturated heterocycles. The molecule has 6 heteroatoms. The van der Waals surface area contributed by atoms with Crippen molar-refractivity contribution < 1.29 is 103 Å². The summed E-state index contributed by atoms with van der Waals surface area (Å²) in [6.07, 6.45) is 10.3. The number of hydrogen-bond acceptors (Lipinski definition) is 3. The van der Waals surface area contributed by atoms with Gasteiger partial charge >= 0.3 is 92.9 Å². The van der Waals surface area contributed by atoms with Crippen LogP contribution in [-0.4, -0.2) is 23.7 Å². The van der Waals surface area contributed by atoms with E-state index in [0.717, 1.165) is 12.8 Å². The molecule has 0 spiro atoms. The number of carbonyl (C=O) groups excluding carboxylic acids is 1. The first-order valence-electron chi connectivity index (χ1n) is 7.04. The maximum atomic E-state index is 10.9. The maximum absolute atomic E-state index is 10.9. The first-order valence-corrected chi connectivity index (χ1v) is 7.04. The first kappa shape index (κ1) is 26.5. The van der Waals surface area contributed by atoms with Gasteiger partial charge in [-0.3, -0.25) is 9.59 Å². The molecule has 4 nitrogen and oxygen atoms in total. The van der Waals surface area contributed by atoms with Crippen molar-refractivity contribution in [1.29, 1.82) is 0 Å². The predicted molar refractivity (Wildman–Crippen MR) is 72.7 cm³/mol. The van der Waals surface area contributed by atoms with Crippen LogP contribution in [0.3, 0.4) is 0 Å². The van der Waals surface area contributed by atoms with Gasteiger partial charge in [-0.25, -0.2) is 0 Å². The zero-order chi connectivity index (χ0) is 13.6. The Kier molecular flexibility index (Phi) is 27.2. The first-order chi connectivity index (χ1) is 8.66. The van der Waals surface area contributed by atoms with Crippen LogP contribution in [-0.2, 0) is 14.3 Å². The van der Waals surface area contributed by atoms with E-state index in [1.807, 2.05) is 0 Å². The number of esters is 1. The average molecular weight is 322 g/mol. The Morgan fingerprint density at radius 2 is 1.40 bits per heavy atom. The molecule has 0 aliphatic rings. The summed E-state index contributed by atoms with van der Waals surface area (Å²) in [4.78, 5) is 21.1. The second-order valence-corrected chi connectivity index (χ2v) is 4.62. The Balaban J connectivity index is -0.000000241. The molecule has 0 rings (SSSR count). The van der Waals surface area contributed by atoms with Crippen LogP contribution in [0.2, 0.25) is 0 Å². The van der Waals surface area contributed by atoms with Crippen LogP contribution in [0.15, 0.2) is 0 Å². The third-order valence-electron chi connectivity index (χ3n) is 2.81. The fourth-order valence-electron chi connectivity index (χ4n) is 1.77. The third kappa shape index (κ3) is 21.9. The molecule has 0 amide bonds. The van der Waals surface area contributed by atoms with Gasteiger partial charge in [-0.2, -0.15) is 0 Å². The number of rotatable bonds is 12. The van der Waals surface area contributed by atoms with Gasteiger partial charge in [0.1, 0.15) is 6.42 Å². The Bertz CT molecular complexity index is 247. The van der Waals surface area contributed by atoms with Crippen LogP contribution in [0.5, 0.6) is 0 Å². The summed E-state index contributed by atoms with van der Waals surface area (Å²) in [5.41, 5.74) is 0. The molecule has 0 heterocycles. The van der Waals surface area contributed by atoms with E-state index in [0.29, 0.717) is 6.61 Å². The monoisotopic (exact) mass is 322 g/mol. The molecule has 0 atom stereocenters. The molecule has 0 bridgehead atoms. The Labute approximate surface area is 190 Å². The average Bonchev–Trinajstić information content (AvgIpc) is 2.30. The van der Waals surface area contributed by atoms with E-state index in [1.165, 1.54) is 44.9 Å². The van der Waals surface area contributed by atoms with Crippen molar-refractivity contribution in [2.75, 3.05) is 6.61 Å². The van der Waals surface area contributed by atoms with Gasteiger partial charge in [0.15, 0.2) is 0 Å². The van der Waals surface area contributed by atoms with E-state index in [9.17, 15) is 9.59 Å². The molecule has 0 saturated carbocycles. The van der Waals surface area contributed by atoms with Gasteiger partial charge in [-0.05, 0) is 6.42 Å². The van der Waals surface area contributed by atoms with Crippen molar-refractivity contribution >= 4 is 11.9 Å². The molecule has 0 fully saturated rings. The summed E-state index contributed by atoms with van der Waals surface area (Å²) in [5, 5.41) is 8.34. The number of carboxylic acid groups (broad SMARTS) is 1. The van der Waals surface area contributed by atoms with Gasteiger partial charge in [-0.15, -0.1) is 0 Å². The van der Waals surface area contributed by atoms with Crippen molar-refractivity contribution in [2.45, 2.75) is 71.1 Å². The molecule has 0 unspecified atom stereocenters. The summed E-state index contributed by atoms with van der Waals surface area (Å²) in [5.74, 6) is -1.77. The van der Waals surface area contributed by atoms with Gasteiger partial charge in [0.25, 0.3) is 0 Å². The Morgan fingerprint density at radius 3 is 1.85 bits per heavy atom. The van der Waals surface area contributed by atoms with E-state index in [-0.39, 0.29) is 83.8 Å². The predicted octanol–water partition coefficient (Wildman–Crippen LogP) is -2.23. The molecular formula is C14H28KNaO4. The normalized spacial score (nSPS) is 9.25. The summed E-state index contributed by atoms with van der Waals surface area (Å²) in [6.45, 7) is 2.56. The number of ether oxygens (including phenoxy) is 1. The van der Waals surface area contributed by atoms with Gasteiger partial charge in [-0.1, -0.05) is 58.3 Å². The van der Waals surface area contributed by atoms with Crippen LogP contribution in [0.1, 0.15) is 74.0 Å². The molecule has 1 N–H and O–H groups in total. The van der Waals surface area contributed by atoms with Gasteiger partial charge in [0.05, 0.1) is 6.61 Å². The topological polar surface area (TPSA) is 63.6 Å². The largest absolute Gasteiger partial charge is 1.00 e. The molecule has 0 radical (unpaired) electrons. The minimum Gasteiger partial charge on any atom is -1.00 e. The molecule has 110 valence electrons. The molecule has 0 aliphatic heterocycles. The van der Waals surface area contributed by atoms with Crippen molar-refractivity contribution in [3.8, 4) is 0 Å². The summed E-state index contributed by atoms with van der Waals surface area (Å²) < 4.78 is 4.79. The molecule has 0 aliphatic carbocycles. The maximum Gasteiger partial charge on any atom is 1.00 e. The molecular weight excluding hydrogens is 294 g/mol. The third-order valence-corrected chi connectivity index (χ3v) is 2.81.